The maximum absolute atomic E-state index is 12.3. The Bertz CT molecular complexity index is 484. The van der Waals surface area contributed by atoms with Crippen LogP contribution in [-0.2, 0) is 9.53 Å². The van der Waals surface area contributed by atoms with Gasteiger partial charge in [-0.2, -0.15) is 0 Å². The minimum absolute atomic E-state index is 0. The predicted octanol–water partition coefficient (Wildman–Crippen LogP) is 1.63. The fourth-order valence-electron chi connectivity index (χ4n) is 2.37. The summed E-state index contributed by atoms with van der Waals surface area (Å²) in [6.07, 6.45) is -0.0917. The Kier molecular flexibility index (Phi) is 7.65. The van der Waals surface area contributed by atoms with Crippen LogP contribution in [0.1, 0.15) is 12.5 Å². The van der Waals surface area contributed by atoms with E-state index in [9.17, 15) is 4.79 Å². The maximum atomic E-state index is 12.3. The second-order valence-electron chi connectivity index (χ2n) is 5.38. The number of aryl methyl sites for hydroxylation is 1. The molecule has 1 amide bonds. The van der Waals surface area contributed by atoms with Gasteiger partial charge in [-0.05, 0) is 25.5 Å². The molecular formula is C16H25ClN2O3. The van der Waals surface area contributed by atoms with Crippen LogP contribution in [0.2, 0.25) is 0 Å². The smallest absolute Gasteiger partial charge is 0.242 e. The number of ether oxygens (including phenoxy) is 2. The molecule has 124 valence electrons. The molecule has 1 heterocycles. The van der Waals surface area contributed by atoms with Gasteiger partial charge in [0.1, 0.15) is 18.4 Å². The summed E-state index contributed by atoms with van der Waals surface area (Å²) in [6.45, 7) is 6.34. The van der Waals surface area contributed by atoms with Crippen LogP contribution in [0, 0.1) is 6.92 Å². The quantitative estimate of drug-likeness (QED) is 0.892. The topological polar surface area (TPSA) is 50.8 Å². The molecule has 1 aromatic rings. The van der Waals surface area contributed by atoms with E-state index in [1.165, 1.54) is 0 Å². The summed E-state index contributed by atoms with van der Waals surface area (Å²) in [5, 5.41) is 3.21. The summed E-state index contributed by atoms with van der Waals surface area (Å²) in [5.74, 6) is 0.918. The number of amides is 1. The van der Waals surface area contributed by atoms with E-state index in [1.54, 1.807) is 11.9 Å². The normalized spacial score (nSPS) is 20.9. The van der Waals surface area contributed by atoms with Gasteiger partial charge in [0.15, 0.2) is 0 Å². The Labute approximate surface area is 138 Å². The van der Waals surface area contributed by atoms with Crippen molar-refractivity contribution in [3.63, 3.8) is 0 Å². The van der Waals surface area contributed by atoms with Crippen molar-refractivity contribution >= 4 is 18.3 Å². The third kappa shape index (κ3) is 4.87. The van der Waals surface area contributed by atoms with E-state index >= 15 is 0 Å². The zero-order valence-corrected chi connectivity index (χ0v) is 14.2. The Morgan fingerprint density at radius 1 is 1.45 bits per heavy atom. The van der Waals surface area contributed by atoms with Crippen LogP contribution in [0.5, 0.6) is 5.75 Å². The maximum Gasteiger partial charge on any atom is 0.242 e. The van der Waals surface area contributed by atoms with Crippen molar-refractivity contribution in [2.75, 3.05) is 33.4 Å². The van der Waals surface area contributed by atoms with Crippen molar-refractivity contribution in [3.05, 3.63) is 29.8 Å². The number of hydrogen-bond acceptors (Lipinski definition) is 4. The molecule has 1 saturated heterocycles. The average Bonchev–Trinajstić information content (AvgIpc) is 2.49. The number of hydrogen-bond donors (Lipinski definition) is 1. The van der Waals surface area contributed by atoms with Gasteiger partial charge in [0.05, 0.1) is 19.3 Å². The SMILES string of the molecule is Cc1ccccc1OCCN(C)C(=O)[C@H]1NCCO[C@@H]1C.Cl. The van der Waals surface area contributed by atoms with Gasteiger partial charge in [-0.3, -0.25) is 4.79 Å². The number of likely N-dealkylation sites (N-methyl/N-ethyl adjacent to an activating group) is 1. The van der Waals surface area contributed by atoms with E-state index in [2.05, 4.69) is 5.32 Å². The van der Waals surface area contributed by atoms with Crippen molar-refractivity contribution in [3.8, 4) is 5.75 Å². The summed E-state index contributed by atoms with van der Waals surface area (Å²) < 4.78 is 11.2. The molecule has 0 bridgehead atoms. The predicted molar refractivity (Wildman–Crippen MR) is 88.8 cm³/mol. The van der Waals surface area contributed by atoms with E-state index < -0.39 is 0 Å². The van der Waals surface area contributed by atoms with Crippen molar-refractivity contribution in [1.82, 2.24) is 10.2 Å². The number of carbonyl (C=O) groups excluding carboxylic acids is 1. The summed E-state index contributed by atoms with van der Waals surface area (Å²) in [5.41, 5.74) is 1.10. The van der Waals surface area contributed by atoms with E-state index in [1.807, 2.05) is 38.1 Å². The van der Waals surface area contributed by atoms with Gasteiger partial charge in [0, 0.05) is 13.6 Å². The molecule has 0 aliphatic carbocycles. The van der Waals surface area contributed by atoms with E-state index in [-0.39, 0.29) is 30.5 Å². The van der Waals surface area contributed by atoms with E-state index in [4.69, 9.17) is 9.47 Å². The molecular weight excluding hydrogens is 304 g/mol. The lowest BCUT2D eigenvalue weighted by molar-refractivity contribution is -0.138. The van der Waals surface area contributed by atoms with E-state index in [0.717, 1.165) is 11.3 Å². The van der Waals surface area contributed by atoms with E-state index in [0.29, 0.717) is 26.3 Å². The third-order valence-electron chi connectivity index (χ3n) is 3.74. The number of carbonyl (C=O) groups is 1. The Balaban J connectivity index is 0.00000242. The fraction of sp³-hybridized carbons (Fsp3) is 0.562. The number of nitrogens with zero attached hydrogens (tertiary/aromatic N) is 1. The first-order chi connectivity index (χ1) is 10.1. The molecule has 0 unspecified atom stereocenters. The van der Waals surface area contributed by atoms with Gasteiger partial charge in [-0.25, -0.2) is 0 Å². The van der Waals surface area contributed by atoms with Crippen LogP contribution in [0.15, 0.2) is 24.3 Å². The van der Waals surface area contributed by atoms with Crippen LogP contribution in [-0.4, -0.2) is 56.3 Å². The van der Waals surface area contributed by atoms with Crippen LogP contribution >= 0.6 is 12.4 Å². The third-order valence-corrected chi connectivity index (χ3v) is 3.74. The first-order valence-corrected chi connectivity index (χ1v) is 7.38. The lowest BCUT2D eigenvalue weighted by Gasteiger charge is -2.32. The Morgan fingerprint density at radius 3 is 2.86 bits per heavy atom. The lowest BCUT2D eigenvalue weighted by atomic mass is 10.1. The molecule has 6 heteroatoms. The Morgan fingerprint density at radius 2 is 2.18 bits per heavy atom. The molecule has 1 aliphatic rings. The molecule has 1 aromatic carbocycles. The van der Waals surface area contributed by atoms with Gasteiger partial charge in [0.25, 0.3) is 0 Å². The standard InChI is InChI=1S/C16H24N2O3.ClH/c1-12-6-4-5-7-14(12)21-11-9-18(3)16(19)15-13(2)20-10-8-17-15;/h4-7,13,15,17H,8-11H2,1-3H3;1H/t13-,15+;/m1./s1. The van der Waals surface area contributed by atoms with Gasteiger partial charge in [-0.15, -0.1) is 12.4 Å². The minimum Gasteiger partial charge on any atom is -0.491 e. The molecule has 0 saturated carbocycles. The summed E-state index contributed by atoms with van der Waals surface area (Å²) >= 11 is 0. The van der Waals surface area contributed by atoms with Crippen LogP contribution in [0.25, 0.3) is 0 Å². The Hall–Kier alpha value is -1.30. The average molecular weight is 329 g/mol. The number of rotatable bonds is 5. The highest BCUT2D eigenvalue weighted by Crippen LogP contribution is 2.16. The number of morpholine rings is 1. The second kappa shape index (κ2) is 8.98. The van der Waals surface area contributed by atoms with Gasteiger partial charge >= 0.3 is 0 Å². The molecule has 1 aliphatic heterocycles. The second-order valence-corrected chi connectivity index (χ2v) is 5.38. The van der Waals surface area contributed by atoms with Crippen LogP contribution in [0.3, 0.4) is 0 Å². The minimum atomic E-state index is -0.262. The van der Waals surface area contributed by atoms with Crippen molar-refractivity contribution in [2.45, 2.75) is 26.0 Å². The van der Waals surface area contributed by atoms with Crippen molar-refractivity contribution in [2.24, 2.45) is 0 Å². The zero-order chi connectivity index (χ0) is 15.2. The highest BCUT2D eigenvalue weighted by atomic mass is 35.5. The molecule has 5 nitrogen and oxygen atoms in total. The number of halogens is 1. The molecule has 2 atom stereocenters. The highest BCUT2D eigenvalue weighted by molar-refractivity contribution is 5.85. The fourth-order valence-corrected chi connectivity index (χ4v) is 2.37. The monoisotopic (exact) mass is 328 g/mol. The molecule has 0 spiro atoms. The largest absolute Gasteiger partial charge is 0.491 e. The van der Waals surface area contributed by atoms with Crippen molar-refractivity contribution < 1.29 is 14.3 Å². The molecule has 22 heavy (non-hydrogen) atoms. The van der Waals surface area contributed by atoms with Crippen molar-refractivity contribution in [1.29, 1.82) is 0 Å². The molecule has 0 radical (unpaired) electrons. The van der Waals surface area contributed by atoms with Gasteiger partial charge < -0.3 is 19.7 Å². The first kappa shape index (κ1) is 18.7. The number of benzene rings is 1. The van der Waals surface area contributed by atoms with Gasteiger partial charge in [0.2, 0.25) is 5.91 Å². The lowest BCUT2D eigenvalue weighted by Crippen LogP contribution is -2.56. The molecule has 1 N–H and O–H groups in total. The first-order valence-electron chi connectivity index (χ1n) is 7.38. The summed E-state index contributed by atoms with van der Waals surface area (Å²) in [7, 11) is 1.80. The molecule has 1 fully saturated rings. The molecule has 2 rings (SSSR count). The molecule has 0 aromatic heterocycles. The summed E-state index contributed by atoms with van der Waals surface area (Å²) in [6, 6.07) is 7.61. The van der Waals surface area contributed by atoms with Gasteiger partial charge in [-0.1, -0.05) is 18.2 Å². The zero-order valence-electron chi connectivity index (χ0n) is 13.4. The number of nitrogens with one attached hydrogen (secondary N) is 1. The summed E-state index contributed by atoms with van der Waals surface area (Å²) in [4.78, 5) is 14.0. The number of para-hydroxylation sites is 1. The van der Waals surface area contributed by atoms with Crippen LogP contribution < -0.4 is 10.1 Å². The highest BCUT2D eigenvalue weighted by Gasteiger charge is 2.30. The van der Waals surface area contributed by atoms with Crippen LogP contribution in [0.4, 0.5) is 0 Å².